The van der Waals surface area contributed by atoms with Crippen LogP contribution in [0, 0.1) is 0 Å². The molecule has 4 amide bonds. The van der Waals surface area contributed by atoms with Gasteiger partial charge in [-0.05, 0) is 68.1 Å². The number of esters is 6. The Morgan fingerprint density at radius 1 is 0.477 bits per heavy atom. The molecule has 65 heavy (non-hydrogen) atoms. The predicted molar refractivity (Wildman–Crippen MR) is 221 cm³/mol. The molecule has 2 atom stereocenters. The van der Waals surface area contributed by atoms with E-state index in [0.717, 1.165) is 41.5 Å². The van der Waals surface area contributed by atoms with E-state index >= 15 is 0 Å². The fourth-order valence-electron chi connectivity index (χ4n) is 5.73. The highest BCUT2D eigenvalue weighted by atomic mass is 16.6. The quantitative estimate of drug-likeness (QED) is 0.0582. The predicted octanol–water partition coefficient (Wildman–Crippen LogP) is 2.33. The maximum absolute atomic E-state index is 13.7. The van der Waals surface area contributed by atoms with Crippen molar-refractivity contribution >= 4 is 65.4 Å². The van der Waals surface area contributed by atoms with Gasteiger partial charge in [0.1, 0.15) is 12.1 Å². The number of ether oxygens (including phenoxy) is 6. The Morgan fingerprint density at radius 2 is 0.892 bits per heavy atom. The average Bonchev–Trinajstić information content (AvgIpc) is 3.20. The van der Waals surface area contributed by atoms with E-state index in [0.29, 0.717) is 0 Å². The van der Waals surface area contributed by atoms with E-state index < -0.39 is 89.0 Å². The summed E-state index contributed by atoms with van der Waals surface area (Å²) >= 11 is 0. The molecule has 0 saturated heterocycles. The monoisotopic (exact) mass is 906 g/mol. The minimum absolute atomic E-state index is 0.0154. The van der Waals surface area contributed by atoms with Gasteiger partial charge < -0.3 is 54.8 Å². The van der Waals surface area contributed by atoms with Crippen LogP contribution in [0.5, 0.6) is 34.5 Å². The highest BCUT2D eigenvalue weighted by molar-refractivity contribution is 6.02. The van der Waals surface area contributed by atoms with Crippen LogP contribution in [0.3, 0.4) is 0 Å². The van der Waals surface area contributed by atoms with Crippen molar-refractivity contribution < 1.29 is 86.3 Å². The van der Waals surface area contributed by atoms with Gasteiger partial charge in [-0.3, -0.25) is 47.9 Å². The standard InChI is InChI=1S/C43H46N4O18/c1-22(48)60-33-18-17-28(21-36(33)63-25(4)51)39(54)44-19-9-13-31(46-40(55)29-11-7-15-34(61-23(2)49)37(29)64-26(5)52)42(57)45-20-10-14-32(43(58)59)47-41(56)30-12-8-16-35(62-24(3)50)38(30)65-27(6)53/h7-8,11-12,15-18,21,31-32H,9-10,13-14,19-20H2,1-6H3,(H,44,54)(H,45,57)(H,46,55)(H,47,56)(H,58,59)/t31-,32-/m0/s1. The molecule has 0 aromatic heterocycles. The Labute approximate surface area is 370 Å². The lowest BCUT2D eigenvalue weighted by Gasteiger charge is -2.21. The minimum Gasteiger partial charge on any atom is -0.480 e. The minimum atomic E-state index is -1.53. The highest BCUT2D eigenvalue weighted by Crippen LogP contribution is 2.33. The number of aliphatic carboxylic acids is 1. The van der Waals surface area contributed by atoms with Crippen molar-refractivity contribution in [3.8, 4) is 34.5 Å². The van der Waals surface area contributed by atoms with Crippen LogP contribution in [0.15, 0.2) is 54.6 Å². The Hall–Kier alpha value is -8.17. The molecule has 0 radical (unpaired) electrons. The number of carbonyl (C=O) groups is 11. The summed E-state index contributed by atoms with van der Waals surface area (Å²) < 4.78 is 30.5. The van der Waals surface area contributed by atoms with Gasteiger partial charge in [-0.15, -0.1) is 0 Å². The molecule has 0 bridgehead atoms. The molecule has 22 nitrogen and oxygen atoms in total. The first-order chi connectivity index (χ1) is 30.7. The third kappa shape index (κ3) is 16.6. The number of hydrogen-bond donors (Lipinski definition) is 5. The number of nitrogens with one attached hydrogen (secondary N) is 4. The summed E-state index contributed by atoms with van der Waals surface area (Å²) in [5.74, 6) is -11.2. The molecule has 5 N–H and O–H groups in total. The number of carbonyl (C=O) groups excluding carboxylic acids is 10. The zero-order chi connectivity index (χ0) is 48.4. The molecule has 3 aromatic rings. The van der Waals surface area contributed by atoms with Crippen LogP contribution in [0.2, 0.25) is 0 Å². The summed E-state index contributed by atoms with van der Waals surface area (Å²) in [5, 5.41) is 20.0. The Bertz CT molecular complexity index is 2360. The maximum atomic E-state index is 13.7. The lowest BCUT2D eigenvalue weighted by atomic mass is 10.1. The van der Waals surface area contributed by atoms with E-state index in [4.69, 9.17) is 28.4 Å². The highest BCUT2D eigenvalue weighted by Gasteiger charge is 2.28. The summed E-state index contributed by atoms with van der Waals surface area (Å²) in [7, 11) is 0. The zero-order valence-corrected chi connectivity index (χ0v) is 36.0. The molecule has 0 aliphatic rings. The number of carboxylic acid groups (broad SMARTS) is 1. The van der Waals surface area contributed by atoms with E-state index in [9.17, 15) is 57.8 Å². The number of carboxylic acids is 1. The van der Waals surface area contributed by atoms with Crippen molar-refractivity contribution in [3.05, 3.63) is 71.3 Å². The fourth-order valence-corrected chi connectivity index (χ4v) is 5.73. The van der Waals surface area contributed by atoms with E-state index in [1.54, 1.807) is 0 Å². The smallest absolute Gasteiger partial charge is 0.326 e. The third-order valence-corrected chi connectivity index (χ3v) is 8.31. The molecule has 0 fully saturated rings. The lowest BCUT2D eigenvalue weighted by Crippen LogP contribution is -2.47. The topological polar surface area (TPSA) is 312 Å². The van der Waals surface area contributed by atoms with Crippen LogP contribution in [-0.4, -0.2) is 95.7 Å². The average molecular weight is 907 g/mol. The number of rotatable bonds is 21. The summed E-state index contributed by atoms with van der Waals surface area (Å²) in [6.07, 6.45) is -0.361. The molecular formula is C43H46N4O18. The summed E-state index contributed by atoms with van der Waals surface area (Å²) in [5.41, 5.74) is -0.588. The molecule has 0 aliphatic heterocycles. The van der Waals surface area contributed by atoms with Gasteiger partial charge in [0.15, 0.2) is 34.5 Å². The van der Waals surface area contributed by atoms with Gasteiger partial charge in [0.05, 0.1) is 11.1 Å². The van der Waals surface area contributed by atoms with Gasteiger partial charge in [0.2, 0.25) is 5.91 Å². The van der Waals surface area contributed by atoms with Gasteiger partial charge in [-0.1, -0.05) is 12.1 Å². The van der Waals surface area contributed by atoms with Crippen LogP contribution in [0.1, 0.15) is 98.3 Å². The van der Waals surface area contributed by atoms with Gasteiger partial charge >= 0.3 is 41.8 Å². The fraction of sp³-hybridized carbons (Fsp3) is 0.326. The van der Waals surface area contributed by atoms with Gasteiger partial charge in [0, 0.05) is 60.2 Å². The van der Waals surface area contributed by atoms with Crippen molar-refractivity contribution in [1.82, 2.24) is 21.3 Å². The molecule has 0 saturated carbocycles. The normalized spacial score (nSPS) is 11.3. The summed E-state index contributed by atoms with van der Waals surface area (Å²) in [4.78, 5) is 136. The number of hydrogen-bond acceptors (Lipinski definition) is 17. The molecular weight excluding hydrogens is 860 g/mol. The Balaban J connectivity index is 1.78. The van der Waals surface area contributed by atoms with E-state index in [-0.39, 0.29) is 78.5 Å². The van der Waals surface area contributed by atoms with Crippen molar-refractivity contribution in [2.75, 3.05) is 13.1 Å². The second kappa shape index (κ2) is 24.5. The van der Waals surface area contributed by atoms with Gasteiger partial charge in [-0.25, -0.2) is 4.79 Å². The largest absolute Gasteiger partial charge is 0.480 e. The van der Waals surface area contributed by atoms with Crippen molar-refractivity contribution in [1.29, 1.82) is 0 Å². The number of para-hydroxylation sites is 2. The van der Waals surface area contributed by atoms with E-state index in [2.05, 4.69) is 21.3 Å². The van der Waals surface area contributed by atoms with Crippen molar-refractivity contribution in [3.63, 3.8) is 0 Å². The Morgan fingerprint density at radius 3 is 1.35 bits per heavy atom. The van der Waals surface area contributed by atoms with Crippen LogP contribution in [0.4, 0.5) is 0 Å². The molecule has 0 aliphatic carbocycles. The zero-order valence-electron chi connectivity index (χ0n) is 36.0. The summed E-state index contributed by atoms with van der Waals surface area (Å²) in [6, 6.07) is 8.51. The van der Waals surface area contributed by atoms with Crippen molar-refractivity contribution in [2.45, 2.75) is 79.3 Å². The number of amides is 4. The van der Waals surface area contributed by atoms with Crippen LogP contribution in [-0.2, 0) is 38.4 Å². The first kappa shape index (κ1) is 51.2. The summed E-state index contributed by atoms with van der Waals surface area (Å²) in [6.45, 7) is 6.24. The van der Waals surface area contributed by atoms with Gasteiger partial charge in [-0.2, -0.15) is 0 Å². The lowest BCUT2D eigenvalue weighted by molar-refractivity contribution is -0.139. The van der Waals surface area contributed by atoms with Crippen LogP contribution >= 0.6 is 0 Å². The molecule has 346 valence electrons. The second-order valence-electron chi connectivity index (χ2n) is 13.7. The first-order valence-electron chi connectivity index (χ1n) is 19.6. The second-order valence-corrected chi connectivity index (χ2v) is 13.7. The van der Waals surface area contributed by atoms with E-state index in [1.165, 1.54) is 54.6 Å². The van der Waals surface area contributed by atoms with Crippen LogP contribution in [0.25, 0.3) is 0 Å². The van der Waals surface area contributed by atoms with Gasteiger partial charge in [0.25, 0.3) is 17.7 Å². The van der Waals surface area contributed by atoms with E-state index in [1.807, 2.05) is 0 Å². The van der Waals surface area contributed by atoms with Crippen molar-refractivity contribution in [2.24, 2.45) is 0 Å². The molecule has 3 rings (SSSR count). The molecule has 0 unspecified atom stereocenters. The first-order valence-corrected chi connectivity index (χ1v) is 19.6. The molecule has 3 aromatic carbocycles. The molecule has 0 spiro atoms. The molecule has 0 heterocycles. The number of benzene rings is 3. The maximum Gasteiger partial charge on any atom is 0.326 e. The Kier molecular flexibility index (Phi) is 19.3. The van der Waals surface area contributed by atoms with Crippen LogP contribution < -0.4 is 49.7 Å². The SMILES string of the molecule is CC(=O)Oc1ccc(C(=O)NCCC[C@H](NC(=O)c2cccc(OC(C)=O)c2OC(C)=O)C(=O)NCCC[C@H](NC(=O)c2cccc(OC(C)=O)c2OC(C)=O)C(=O)O)cc1OC(C)=O. The third-order valence-electron chi connectivity index (χ3n) is 8.31. The molecule has 22 heteroatoms.